The highest BCUT2D eigenvalue weighted by Crippen LogP contribution is 2.41. The lowest BCUT2D eigenvalue weighted by Gasteiger charge is -2.22. The average Bonchev–Trinajstić information content (AvgIpc) is 3.29. The molecule has 0 N–H and O–H groups in total. The van der Waals surface area contributed by atoms with Crippen LogP contribution in [0.4, 0.5) is 5.82 Å². The van der Waals surface area contributed by atoms with Gasteiger partial charge in [-0.25, -0.2) is 0 Å². The van der Waals surface area contributed by atoms with E-state index in [2.05, 4.69) is 5.16 Å². The third-order valence-corrected chi connectivity index (χ3v) is 5.07. The van der Waals surface area contributed by atoms with Gasteiger partial charge in [0.2, 0.25) is 5.76 Å². The van der Waals surface area contributed by atoms with E-state index in [9.17, 15) is 9.59 Å². The second kappa shape index (κ2) is 6.34. The smallest absolute Gasteiger partial charge is 0.296 e. The molecular formula is C22H16N2O5. The van der Waals surface area contributed by atoms with Gasteiger partial charge in [0.05, 0.1) is 24.1 Å². The van der Waals surface area contributed by atoms with Gasteiger partial charge in [0.15, 0.2) is 11.2 Å². The van der Waals surface area contributed by atoms with Crippen LogP contribution in [0.15, 0.2) is 68.3 Å². The number of amides is 1. The lowest BCUT2D eigenvalue weighted by atomic mass is 9.98. The summed E-state index contributed by atoms with van der Waals surface area (Å²) in [5.41, 5.74) is 1.16. The molecule has 0 bridgehead atoms. The quantitative estimate of drug-likeness (QED) is 0.530. The SMILES string of the molecule is COc1ccc([C@@H]2c3c(oc4ccccc4c3=O)C(=O)N2c2cc(C)on2)cc1. The third-order valence-electron chi connectivity index (χ3n) is 5.07. The summed E-state index contributed by atoms with van der Waals surface area (Å²) in [7, 11) is 1.58. The van der Waals surface area contributed by atoms with E-state index in [0.29, 0.717) is 33.9 Å². The van der Waals surface area contributed by atoms with E-state index in [-0.39, 0.29) is 11.2 Å². The Morgan fingerprint density at radius 3 is 2.52 bits per heavy atom. The molecule has 29 heavy (non-hydrogen) atoms. The van der Waals surface area contributed by atoms with Gasteiger partial charge in [0, 0.05) is 6.07 Å². The molecule has 0 unspecified atom stereocenters. The second-order valence-corrected chi connectivity index (χ2v) is 6.82. The number of carbonyl (C=O) groups is 1. The molecule has 7 heteroatoms. The molecule has 0 fully saturated rings. The van der Waals surface area contributed by atoms with E-state index in [1.54, 1.807) is 56.5 Å². The molecule has 0 spiro atoms. The minimum Gasteiger partial charge on any atom is -0.497 e. The molecule has 5 rings (SSSR count). The molecule has 2 aromatic carbocycles. The number of ether oxygens (including phenoxy) is 1. The number of rotatable bonds is 3. The number of nitrogens with zero attached hydrogens (tertiary/aromatic N) is 2. The maximum absolute atomic E-state index is 13.3. The number of carbonyl (C=O) groups excluding carboxylic acids is 1. The van der Waals surface area contributed by atoms with Crippen molar-refractivity contribution in [3.8, 4) is 5.75 Å². The summed E-state index contributed by atoms with van der Waals surface area (Å²) in [6, 6.07) is 15.1. The monoisotopic (exact) mass is 388 g/mol. The Bertz CT molecular complexity index is 1300. The van der Waals surface area contributed by atoms with Crippen LogP contribution in [-0.2, 0) is 0 Å². The summed E-state index contributed by atoms with van der Waals surface area (Å²) in [6.45, 7) is 1.74. The van der Waals surface area contributed by atoms with Gasteiger partial charge in [0.25, 0.3) is 5.91 Å². The van der Waals surface area contributed by atoms with Crippen LogP contribution in [0, 0.1) is 6.92 Å². The first-order valence-electron chi connectivity index (χ1n) is 9.05. The molecule has 1 aliphatic rings. The first kappa shape index (κ1) is 17.2. The Morgan fingerprint density at radius 2 is 1.83 bits per heavy atom. The molecule has 1 amide bonds. The fourth-order valence-electron chi connectivity index (χ4n) is 3.72. The Morgan fingerprint density at radius 1 is 1.07 bits per heavy atom. The maximum Gasteiger partial charge on any atom is 0.296 e. The van der Waals surface area contributed by atoms with E-state index in [1.165, 1.54) is 4.90 Å². The highest BCUT2D eigenvalue weighted by Gasteiger charge is 2.44. The van der Waals surface area contributed by atoms with Gasteiger partial charge in [-0.1, -0.05) is 29.4 Å². The van der Waals surface area contributed by atoms with E-state index in [1.807, 2.05) is 12.1 Å². The van der Waals surface area contributed by atoms with Crippen molar-refractivity contribution in [1.29, 1.82) is 0 Å². The molecule has 2 aromatic heterocycles. The lowest BCUT2D eigenvalue weighted by molar-refractivity contribution is 0.0969. The van der Waals surface area contributed by atoms with Crippen molar-refractivity contribution in [2.45, 2.75) is 13.0 Å². The Hall–Kier alpha value is -3.87. The van der Waals surface area contributed by atoms with Gasteiger partial charge in [0.1, 0.15) is 17.1 Å². The Labute approximate surface area is 165 Å². The number of aryl methyl sites for hydroxylation is 1. The van der Waals surface area contributed by atoms with Gasteiger partial charge in [-0.3, -0.25) is 14.5 Å². The van der Waals surface area contributed by atoms with Crippen molar-refractivity contribution < 1.29 is 18.5 Å². The standard InChI is InChI=1S/C22H16N2O5/c1-12-11-17(23-29-12)24-19(13-7-9-14(27-2)10-8-13)18-20(25)15-5-3-4-6-16(15)28-21(18)22(24)26/h3-11,19H,1-2H3/t19-/m1/s1. The number of hydrogen-bond donors (Lipinski definition) is 0. The number of benzene rings is 2. The van der Waals surface area contributed by atoms with Crippen LogP contribution in [0.2, 0.25) is 0 Å². The van der Waals surface area contributed by atoms with Gasteiger partial charge >= 0.3 is 0 Å². The first-order valence-corrected chi connectivity index (χ1v) is 9.05. The highest BCUT2D eigenvalue weighted by molar-refractivity contribution is 6.10. The summed E-state index contributed by atoms with van der Waals surface area (Å²) >= 11 is 0. The van der Waals surface area contributed by atoms with Crippen LogP contribution in [0.1, 0.15) is 33.5 Å². The van der Waals surface area contributed by atoms with Crippen LogP contribution in [0.5, 0.6) is 5.75 Å². The van der Waals surface area contributed by atoms with E-state index in [4.69, 9.17) is 13.7 Å². The highest BCUT2D eigenvalue weighted by atomic mass is 16.5. The molecule has 144 valence electrons. The number of hydrogen-bond acceptors (Lipinski definition) is 6. The molecule has 1 atom stereocenters. The number of methoxy groups -OCH3 is 1. The van der Waals surface area contributed by atoms with Crippen molar-refractivity contribution in [2.75, 3.05) is 12.0 Å². The molecule has 0 saturated heterocycles. The lowest BCUT2D eigenvalue weighted by Crippen LogP contribution is -2.29. The molecule has 0 aliphatic carbocycles. The topological polar surface area (TPSA) is 85.8 Å². The second-order valence-electron chi connectivity index (χ2n) is 6.82. The minimum atomic E-state index is -0.686. The predicted octanol–water partition coefficient (Wildman–Crippen LogP) is 3.85. The van der Waals surface area contributed by atoms with E-state index >= 15 is 0 Å². The van der Waals surface area contributed by atoms with Crippen molar-refractivity contribution in [3.63, 3.8) is 0 Å². The number of anilines is 1. The molecule has 0 saturated carbocycles. The summed E-state index contributed by atoms with van der Waals surface area (Å²) in [5, 5.41) is 4.43. The Balaban J connectivity index is 1.79. The summed E-state index contributed by atoms with van der Waals surface area (Å²) in [5.74, 6) is 1.14. The molecule has 0 radical (unpaired) electrons. The first-order chi connectivity index (χ1) is 14.1. The van der Waals surface area contributed by atoms with Gasteiger partial charge in [-0.05, 0) is 36.8 Å². The van der Waals surface area contributed by atoms with Gasteiger partial charge in [-0.2, -0.15) is 0 Å². The van der Waals surface area contributed by atoms with Gasteiger partial charge < -0.3 is 13.7 Å². The molecule has 4 aromatic rings. The van der Waals surface area contributed by atoms with Crippen LogP contribution in [-0.4, -0.2) is 18.2 Å². The zero-order valence-corrected chi connectivity index (χ0v) is 15.7. The fourth-order valence-corrected chi connectivity index (χ4v) is 3.72. The number of fused-ring (bicyclic) bond motifs is 2. The summed E-state index contributed by atoms with van der Waals surface area (Å²) in [4.78, 5) is 28.1. The van der Waals surface area contributed by atoms with Crippen LogP contribution in [0.25, 0.3) is 11.0 Å². The maximum atomic E-state index is 13.3. The predicted molar refractivity (Wildman–Crippen MR) is 105 cm³/mol. The largest absolute Gasteiger partial charge is 0.497 e. The Kier molecular flexibility index (Phi) is 3.77. The van der Waals surface area contributed by atoms with Crippen molar-refractivity contribution in [1.82, 2.24) is 5.16 Å². The number of para-hydroxylation sites is 1. The zero-order chi connectivity index (χ0) is 20.1. The molecular weight excluding hydrogens is 372 g/mol. The summed E-state index contributed by atoms with van der Waals surface area (Å²) < 4.78 is 16.3. The van der Waals surface area contributed by atoms with Gasteiger partial charge in [-0.15, -0.1) is 0 Å². The van der Waals surface area contributed by atoms with Crippen molar-refractivity contribution in [3.05, 3.63) is 87.5 Å². The van der Waals surface area contributed by atoms with E-state index < -0.39 is 11.9 Å². The normalized spacial score (nSPS) is 15.7. The van der Waals surface area contributed by atoms with Crippen LogP contribution in [0.3, 0.4) is 0 Å². The van der Waals surface area contributed by atoms with Crippen molar-refractivity contribution in [2.24, 2.45) is 0 Å². The summed E-state index contributed by atoms with van der Waals surface area (Å²) in [6.07, 6.45) is 0. The van der Waals surface area contributed by atoms with E-state index in [0.717, 1.165) is 5.56 Å². The minimum absolute atomic E-state index is 0.0233. The third kappa shape index (κ3) is 2.55. The molecule has 1 aliphatic heterocycles. The zero-order valence-electron chi connectivity index (χ0n) is 15.7. The van der Waals surface area contributed by atoms with Crippen molar-refractivity contribution >= 4 is 22.7 Å². The average molecular weight is 388 g/mol. The molecule has 7 nitrogen and oxygen atoms in total. The molecule has 3 heterocycles. The van der Waals surface area contributed by atoms with Crippen LogP contribution < -0.4 is 15.1 Å². The fraction of sp³-hybridized carbons (Fsp3) is 0.136. The van der Waals surface area contributed by atoms with Crippen LogP contribution >= 0.6 is 0 Å². The number of aromatic nitrogens is 1.